The molecule has 2 aliphatic rings. The van der Waals surface area contributed by atoms with E-state index in [1.807, 2.05) is 4.90 Å². The summed E-state index contributed by atoms with van der Waals surface area (Å²) >= 11 is 0. The number of hydrogen-bond donors (Lipinski definition) is 1. The zero-order valence-corrected chi connectivity index (χ0v) is 16.0. The molecule has 1 saturated carbocycles. The number of anilines is 1. The van der Waals surface area contributed by atoms with E-state index in [0.717, 1.165) is 12.8 Å². The maximum Gasteiger partial charge on any atom is 0.274 e. The molecule has 0 bridgehead atoms. The van der Waals surface area contributed by atoms with Crippen LogP contribution in [0.5, 0.6) is 0 Å². The molecule has 2 fully saturated rings. The van der Waals surface area contributed by atoms with Crippen molar-refractivity contribution in [2.75, 3.05) is 50.0 Å². The molecule has 2 heterocycles. The highest BCUT2D eigenvalue weighted by Crippen LogP contribution is 2.30. The summed E-state index contributed by atoms with van der Waals surface area (Å²) in [5.74, 6) is 0.550. The van der Waals surface area contributed by atoms with Gasteiger partial charge in [0.1, 0.15) is 15.7 Å². The first-order valence-electron chi connectivity index (χ1n) is 8.77. The van der Waals surface area contributed by atoms with Crippen molar-refractivity contribution in [1.29, 1.82) is 0 Å². The summed E-state index contributed by atoms with van der Waals surface area (Å²) in [6.07, 6.45) is 3.06. The van der Waals surface area contributed by atoms with E-state index in [1.165, 1.54) is 10.9 Å². The molecule has 2 amide bonds. The highest BCUT2D eigenvalue weighted by atomic mass is 32.2. The molecule has 1 aromatic rings. The number of carbonyl (C=O) groups excluding carboxylic acids is 2. The van der Waals surface area contributed by atoms with Gasteiger partial charge in [-0.1, -0.05) is 0 Å². The van der Waals surface area contributed by atoms with Crippen LogP contribution in [0, 0.1) is 5.92 Å². The summed E-state index contributed by atoms with van der Waals surface area (Å²) in [5, 5.41) is 7.04. The molecule has 0 unspecified atom stereocenters. The number of rotatable bonds is 6. The monoisotopic (exact) mass is 383 g/mol. The van der Waals surface area contributed by atoms with E-state index in [9.17, 15) is 18.0 Å². The van der Waals surface area contributed by atoms with Crippen LogP contribution >= 0.6 is 0 Å². The highest BCUT2D eigenvalue weighted by Gasteiger charge is 2.31. The second-order valence-corrected chi connectivity index (χ2v) is 9.33. The van der Waals surface area contributed by atoms with E-state index >= 15 is 0 Å². The number of aromatic nitrogens is 2. The largest absolute Gasteiger partial charge is 0.335 e. The fourth-order valence-electron chi connectivity index (χ4n) is 2.89. The van der Waals surface area contributed by atoms with Gasteiger partial charge in [0.25, 0.3) is 5.91 Å². The van der Waals surface area contributed by atoms with Gasteiger partial charge in [-0.05, 0) is 12.8 Å². The zero-order valence-electron chi connectivity index (χ0n) is 15.1. The van der Waals surface area contributed by atoms with Crippen molar-refractivity contribution in [2.45, 2.75) is 12.8 Å². The van der Waals surface area contributed by atoms with E-state index in [4.69, 9.17) is 0 Å². The summed E-state index contributed by atoms with van der Waals surface area (Å²) < 4.78 is 24.0. The van der Waals surface area contributed by atoms with Crippen molar-refractivity contribution in [1.82, 2.24) is 19.6 Å². The molecule has 1 aliphatic heterocycles. The molecule has 26 heavy (non-hydrogen) atoms. The minimum Gasteiger partial charge on any atom is -0.335 e. The summed E-state index contributed by atoms with van der Waals surface area (Å²) in [7, 11) is -1.28. The highest BCUT2D eigenvalue weighted by molar-refractivity contribution is 7.90. The third-order valence-electron chi connectivity index (χ3n) is 4.74. The molecule has 3 rings (SSSR count). The van der Waals surface area contributed by atoms with E-state index in [-0.39, 0.29) is 23.5 Å². The predicted molar refractivity (Wildman–Crippen MR) is 96.6 cm³/mol. The molecule has 1 aromatic heterocycles. The zero-order chi connectivity index (χ0) is 18.9. The van der Waals surface area contributed by atoms with Crippen LogP contribution in [0.15, 0.2) is 6.07 Å². The number of nitrogens with one attached hydrogen (secondary N) is 1. The Morgan fingerprint density at radius 3 is 2.46 bits per heavy atom. The molecule has 144 valence electrons. The summed E-state index contributed by atoms with van der Waals surface area (Å²) in [5.41, 5.74) is 0.309. The second kappa shape index (κ2) is 7.36. The number of carbonyl (C=O) groups is 2. The van der Waals surface area contributed by atoms with Crippen molar-refractivity contribution in [3.8, 4) is 0 Å². The number of hydrogen-bond acceptors (Lipinski definition) is 6. The third-order valence-corrected chi connectivity index (χ3v) is 5.66. The number of aryl methyl sites for hydroxylation is 1. The van der Waals surface area contributed by atoms with Gasteiger partial charge in [0.2, 0.25) is 5.91 Å². The third kappa shape index (κ3) is 4.82. The van der Waals surface area contributed by atoms with E-state index in [2.05, 4.69) is 10.4 Å². The Labute approximate surface area is 153 Å². The standard InChI is InChI=1S/C16H25N5O4S/c1-19-14(17-15(22)12-3-4-12)11-13(18-19)16(23)21-7-5-20(6-8-21)9-10-26(2,24)25/h11-12H,3-10H2,1-2H3,(H,17,22). The molecule has 1 saturated heterocycles. The van der Waals surface area contributed by atoms with Gasteiger partial charge >= 0.3 is 0 Å². The van der Waals surface area contributed by atoms with Crippen molar-refractivity contribution >= 4 is 27.5 Å². The maximum absolute atomic E-state index is 12.6. The molecule has 0 radical (unpaired) electrons. The Morgan fingerprint density at radius 1 is 1.23 bits per heavy atom. The average Bonchev–Trinajstić information content (AvgIpc) is 3.37. The Hall–Kier alpha value is -1.94. The Balaban J connectivity index is 1.54. The molecule has 1 aliphatic carbocycles. The minimum absolute atomic E-state index is 0.0218. The molecular formula is C16H25N5O4S. The normalized spacial score (nSPS) is 18.8. The van der Waals surface area contributed by atoms with Gasteiger partial charge in [-0.2, -0.15) is 5.10 Å². The first kappa shape index (κ1) is 18.8. The molecule has 0 spiro atoms. The van der Waals surface area contributed by atoms with Crippen molar-refractivity contribution < 1.29 is 18.0 Å². The van der Waals surface area contributed by atoms with E-state index < -0.39 is 9.84 Å². The fraction of sp³-hybridized carbons (Fsp3) is 0.688. The van der Waals surface area contributed by atoms with Gasteiger partial charge in [0, 0.05) is 58.0 Å². The minimum atomic E-state index is -2.98. The number of amides is 2. The fourth-order valence-corrected chi connectivity index (χ4v) is 3.48. The maximum atomic E-state index is 12.6. The van der Waals surface area contributed by atoms with Gasteiger partial charge in [-0.25, -0.2) is 8.42 Å². The van der Waals surface area contributed by atoms with Crippen molar-refractivity contribution in [3.63, 3.8) is 0 Å². The quantitative estimate of drug-likeness (QED) is 0.715. The van der Waals surface area contributed by atoms with Crippen LogP contribution in [0.4, 0.5) is 5.82 Å². The van der Waals surface area contributed by atoms with Gasteiger partial charge in [0.15, 0.2) is 5.69 Å². The average molecular weight is 383 g/mol. The molecule has 9 nitrogen and oxygen atoms in total. The Kier molecular flexibility index (Phi) is 5.33. The van der Waals surface area contributed by atoms with Crippen LogP contribution in [0.3, 0.4) is 0 Å². The summed E-state index contributed by atoms with van der Waals surface area (Å²) in [6.45, 7) is 2.83. The van der Waals surface area contributed by atoms with Crippen LogP contribution in [0.25, 0.3) is 0 Å². The lowest BCUT2D eigenvalue weighted by atomic mass is 10.2. The topological polar surface area (TPSA) is 105 Å². The van der Waals surface area contributed by atoms with Gasteiger partial charge in [-0.15, -0.1) is 0 Å². The molecule has 10 heteroatoms. The van der Waals surface area contributed by atoms with E-state index in [1.54, 1.807) is 18.0 Å². The Bertz CT molecular complexity index is 792. The lowest BCUT2D eigenvalue weighted by Crippen LogP contribution is -2.49. The van der Waals surface area contributed by atoms with Crippen LogP contribution in [0.1, 0.15) is 23.3 Å². The second-order valence-electron chi connectivity index (χ2n) is 7.07. The van der Waals surface area contributed by atoms with Gasteiger partial charge < -0.3 is 10.2 Å². The first-order valence-corrected chi connectivity index (χ1v) is 10.8. The van der Waals surface area contributed by atoms with Crippen LogP contribution in [0.2, 0.25) is 0 Å². The SMILES string of the molecule is Cn1nc(C(=O)N2CCN(CCS(C)(=O)=O)CC2)cc1NC(=O)C1CC1. The molecule has 1 N–H and O–H groups in total. The Morgan fingerprint density at radius 2 is 1.88 bits per heavy atom. The van der Waals surface area contributed by atoms with Gasteiger partial charge in [0.05, 0.1) is 5.75 Å². The van der Waals surface area contributed by atoms with Crippen molar-refractivity contribution in [3.05, 3.63) is 11.8 Å². The summed E-state index contributed by atoms with van der Waals surface area (Å²) in [6, 6.07) is 1.61. The lowest BCUT2D eigenvalue weighted by Gasteiger charge is -2.34. The van der Waals surface area contributed by atoms with Crippen molar-refractivity contribution in [2.24, 2.45) is 13.0 Å². The predicted octanol–water partition coefficient (Wildman–Crippen LogP) is -0.429. The molecule has 0 aromatic carbocycles. The van der Waals surface area contributed by atoms with E-state index in [0.29, 0.717) is 44.2 Å². The van der Waals surface area contributed by atoms with Gasteiger partial charge in [-0.3, -0.25) is 19.2 Å². The van der Waals surface area contributed by atoms with Crippen LogP contribution in [-0.2, 0) is 21.7 Å². The molecular weight excluding hydrogens is 358 g/mol. The lowest BCUT2D eigenvalue weighted by molar-refractivity contribution is -0.117. The van der Waals surface area contributed by atoms with Crippen LogP contribution in [-0.4, -0.2) is 84.5 Å². The van der Waals surface area contributed by atoms with Crippen LogP contribution < -0.4 is 5.32 Å². The number of nitrogens with zero attached hydrogens (tertiary/aromatic N) is 4. The molecule has 0 atom stereocenters. The number of sulfone groups is 1. The number of piperazine rings is 1. The first-order chi connectivity index (χ1) is 12.2. The smallest absolute Gasteiger partial charge is 0.274 e. The summed E-state index contributed by atoms with van der Waals surface area (Å²) in [4.78, 5) is 28.3.